The molecule has 0 unspecified atom stereocenters. The highest BCUT2D eigenvalue weighted by atomic mass is 35.5. The van der Waals surface area contributed by atoms with E-state index in [1.807, 2.05) is 5.32 Å². The molecular formula is C12H11Cl2N3O5. The van der Waals surface area contributed by atoms with Crippen molar-refractivity contribution in [3.63, 3.8) is 0 Å². The predicted molar refractivity (Wildman–Crippen MR) is 78.2 cm³/mol. The smallest absolute Gasteiger partial charge is 0.414 e. The Labute approximate surface area is 134 Å². The standard InChI is InChI=1S/C12H11Cl2N3O5/c13-7-2-1-3-8(14)6(7)4-9(18)16-11(15)17-12(21)22-5-10(19)20/h1-3H,4-5H2,(H,19,20)(H3,15,16,17,18,21). The Bertz CT molecular complexity index is 601. The summed E-state index contributed by atoms with van der Waals surface area (Å²) in [4.78, 5) is 33.0. The highest BCUT2D eigenvalue weighted by Crippen LogP contribution is 2.24. The average molecular weight is 348 g/mol. The quantitative estimate of drug-likeness (QED) is 0.483. The number of amides is 2. The number of carbonyl (C=O) groups is 3. The first kappa shape index (κ1) is 17.7. The van der Waals surface area contributed by atoms with Crippen molar-refractivity contribution in [2.75, 3.05) is 6.61 Å². The summed E-state index contributed by atoms with van der Waals surface area (Å²) in [7, 11) is 0. The number of aliphatic carboxylic acids is 1. The molecule has 0 aliphatic rings. The molecule has 2 amide bonds. The summed E-state index contributed by atoms with van der Waals surface area (Å²) < 4.78 is 4.23. The van der Waals surface area contributed by atoms with Crippen molar-refractivity contribution in [1.29, 1.82) is 5.41 Å². The fourth-order valence-corrected chi connectivity index (χ4v) is 1.87. The molecule has 1 aromatic rings. The average Bonchev–Trinajstić information content (AvgIpc) is 2.40. The van der Waals surface area contributed by atoms with Crippen LogP contribution in [0.1, 0.15) is 5.56 Å². The van der Waals surface area contributed by atoms with E-state index in [2.05, 4.69) is 10.1 Å². The molecule has 0 aliphatic carbocycles. The molecule has 0 spiro atoms. The van der Waals surface area contributed by atoms with Crippen LogP contribution in [-0.2, 0) is 20.7 Å². The fraction of sp³-hybridized carbons (Fsp3) is 0.167. The molecule has 0 saturated carbocycles. The zero-order valence-electron chi connectivity index (χ0n) is 11.0. The van der Waals surface area contributed by atoms with Crippen LogP contribution in [0.2, 0.25) is 10.0 Å². The van der Waals surface area contributed by atoms with Crippen LogP contribution in [-0.4, -0.2) is 35.6 Å². The van der Waals surface area contributed by atoms with Crippen LogP contribution in [0.15, 0.2) is 18.2 Å². The largest absolute Gasteiger partial charge is 0.479 e. The summed E-state index contributed by atoms with van der Waals surface area (Å²) in [5.74, 6) is -2.65. The van der Waals surface area contributed by atoms with Crippen LogP contribution in [0.4, 0.5) is 4.79 Å². The van der Waals surface area contributed by atoms with Gasteiger partial charge in [-0.15, -0.1) is 0 Å². The summed E-state index contributed by atoms with van der Waals surface area (Å²) in [6, 6.07) is 4.74. The highest BCUT2D eigenvalue weighted by Gasteiger charge is 2.14. The minimum atomic E-state index is -1.35. The van der Waals surface area contributed by atoms with Gasteiger partial charge in [-0.05, 0) is 17.7 Å². The Morgan fingerprint density at radius 1 is 1.18 bits per heavy atom. The second kappa shape index (κ2) is 8.20. The molecule has 0 fully saturated rings. The Morgan fingerprint density at radius 3 is 2.32 bits per heavy atom. The van der Waals surface area contributed by atoms with Gasteiger partial charge in [0.2, 0.25) is 11.9 Å². The Hall–Kier alpha value is -2.32. The molecule has 0 atom stereocenters. The summed E-state index contributed by atoms with van der Waals surface area (Å²) >= 11 is 11.8. The van der Waals surface area contributed by atoms with Gasteiger partial charge < -0.3 is 9.84 Å². The SMILES string of the molecule is N=C(NC(=O)Cc1c(Cl)cccc1Cl)NC(=O)OCC(=O)O. The lowest BCUT2D eigenvalue weighted by Crippen LogP contribution is -2.44. The van der Waals surface area contributed by atoms with E-state index in [9.17, 15) is 14.4 Å². The van der Waals surface area contributed by atoms with Crippen LogP contribution in [0, 0.1) is 5.41 Å². The maximum atomic E-state index is 11.7. The third-order valence-electron chi connectivity index (χ3n) is 2.22. The van der Waals surface area contributed by atoms with Crippen molar-refractivity contribution < 1.29 is 24.2 Å². The number of guanidine groups is 1. The van der Waals surface area contributed by atoms with Gasteiger partial charge in [0, 0.05) is 10.0 Å². The number of rotatable bonds is 4. The first-order valence-corrected chi connectivity index (χ1v) is 6.52. The zero-order chi connectivity index (χ0) is 16.7. The van der Waals surface area contributed by atoms with Crippen molar-refractivity contribution in [1.82, 2.24) is 10.6 Å². The minimum Gasteiger partial charge on any atom is -0.479 e. The number of hydrogen-bond acceptors (Lipinski definition) is 5. The number of nitrogens with one attached hydrogen (secondary N) is 3. The first-order valence-electron chi connectivity index (χ1n) is 5.76. The molecule has 118 valence electrons. The second-order valence-electron chi connectivity index (χ2n) is 3.90. The van der Waals surface area contributed by atoms with Gasteiger partial charge in [-0.25, -0.2) is 9.59 Å². The van der Waals surface area contributed by atoms with Crippen molar-refractivity contribution in [2.45, 2.75) is 6.42 Å². The Kier molecular flexibility index (Phi) is 6.61. The third kappa shape index (κ3) is 5.98. The molecule has 0 heterocycles. The maximum Gasteiger partial charge on any atom is 0.414 e. The highest BCUT2D eigenvalue weighted by molar-refractivity contribution is 6.36. The lowest BCUT2D eigenvalue weighted by molar-refractivity contribution is -0.140. The second-order valence-corrected chi connectivity index (χ2v) is 4.71. The number of benzene rings is 1. The molecule has 1 aromatic carbocycles. The van der Waals surface area contributed by atoms with Crippen LogP contribution in [0.3, 0.4) is 0 Å². The van der Waals surface area contributed by atoms with Crippen LogP contribution >= 0.6 is 23.2 Å². The number of carboxylic acid groups (broad SMARTS) is 1. The van der Waals surface area contributed by atoms with E-state index in [1.165, 1.54) is 0 Å². The van der Waals surface area contributed by atoms with Crippen molar-refractivity contribution in [2.24, 2.45) is 0 Å². The lowest BCUT2D eigenvalue weighted by atomic mass is 10.1. The van der Waals surface area contributed by atoms with E-state index in [0.717, 1.165) is 0 Å². The molecule has 0 aromatic heterocycles. The van der Waals surface area contributed by atoms with E-state index in [0.29, 0.717) is 15.6 Å². The zero-order valence-corrected chi connectivity index (χ0v) is 12.5. The van der Waals surface area contributed by atoms with Crippen LogP contribution < -0.4 is 10.6 Å². The van der Waals surface area contributed by atoms with E-state index in [4.69, 9.17) is 33.7 Å². The molecule has 0 aliphatic heterocycles. The van der Waals surface area contributed by atoms with Gasteiger partial charge in [-0.3, -0.25) is 20.8 Å². The van der Waals surface area contributed by atoms with Gasteiger partial charge in [0.15, 0.2) is 6.61 Å². The Balaban J connectivity index is 2.49. The number of carbonyl (C=O) groups excluding carboxylic acids is 2. The molecule has 4 N–H and O–H groups in total. The predicted octanol–water partition coefficient (Wildman–Crippen LogP) is 1.40. The molecule has 1 rings (SSSR count). The van der Waals surface area contributed by atoms with E-state index in [-0.39, 0.29) is 6.42 Å². The number of carboxylic acids is 1. The summed E-state index contributed by atoms with van der Waals surface area (Å²) in [6.07, 6.45) is -1.38. The van der Waals surface area contributed by atoms with E-state index < -0.39 is 30.5 Å². The molecule has 10 heteroatoms. The minimum absolute atomic E-state index is 0.202. The maximum absolute atomic E-state index is 11.7. The van der Waals surface area contributed by atoms with Gasteiger partial charge in [-0.2, -0.15) is 0 Å². The van der Waals surface area contributed by atoms with Crippen molar-refractivity contribution >= 4 is 47.1 Å². The summed E-state index contributed by atoms with van der Waals surface area (Å²) in [5, 5.41) is 20.2. The summed E-state index contributed by atoms with van der Waals surface area (Å²) in [5.41, 5.74) is 0.379. The number of halogens is 2. The summed E-state index contributed by atoms with van der Waals surface area (Å²) in [6.45, 7) is -0.859. The molecule has 0 radical (unpaired) electrons. The molecular weight excluding hydrogens is 337 g/mol. The van der Waals surface area contributed by atoms with Crippen molar-refractivity contribution in [3.8, 4) is 0 Å². The first-order chi connectivity index (χ1) is 10.3. The van der Waals surface area contributed by atoms with E-state index in [1.54, 1.807) is 18.2 Å². The van der Waals surface area contributed by atoms with Gasteiger partial charge in [0.25, 0.3) is 0 Å². The topological polar surface area (TPSA) is 129 Å². The van der Waals surface area contributed by atoms with Gasteiger partial charge >= 0.3 is 12.1 Å². The molecule has 22 heavy (non-hydrogen) atoms. The van der Waals surface area contributed by atoms with Gasteiger partial charge in [0.1, 0.15) is 0 Å². The molecule has 0 bridgehead atoms. The van der Waals surface area contributed by atoms with Gasteiger partial charge in [0.05, 0.1) is 6.42 Å². The number of hydrogen-bond donors (Lipinski definition) is 4. The normalized spacial score (nSPS) is 9.73. The number of ether oxygens (including phenoxy) is 1. The van der Waals surface area contributed by atoms with Crippen molar-refractivity contribution in [3.05, 3.63) is 33.8 Å². The van der Waals surface area contributed by atoms with Gasteiger partial charge in [-0.1, -0.05) is 29.3 Å². The molecule has 8 nitrogen and oxygen atoms in total. The lowest BCUT2D eigenvalue weighted by Gasteiger charge is -2.09. The monoisotopic (exact) mass is 347 g/mol. The van der Waals surface area contributed by atoms with Crippen LogP contribution in [0.25, 0.3) is 0 Å². The number of alkyl carbamates (subject to hydrolysis) is 1. The molecule has 0 saturated heterocycles. The third-order valence-corrected chi connectivity index (χ3v) is 2.93. The fourth-order valence-electron chi connectivity index (χ4n) is 1.34. The van der Waals surface area contributed by atoms with Crippen LogP contribution in [0.5, 0.6) is 0 Å². The van der Waals surface area contributed by atoms with E-state index >= 15 is 0 Å². The Morgan fingerprint density at radius 2 is 1.77 bits per heavy atom.